The summed E-state index contributed by atoms with van der Waals surface area (Å²) in [5.74, 6) is -0.501. The van der Waals surface area contributed by atoms with E-state index in [0.717, 1.165) is 5.56 Å². The lowest BCUT2D eigenvalue weighted by Crippen LogP contribution is -2.14. The molecule has 3 rings (SSSR count). The van der Waals surface area contributed by atoms with Crippen LogP contribution in [0.2, 0.25) is 0 Å². The van der Waals surface area contributed by atoms with Crippen LogP contribution in [0.5, 0.6) is 0 Å². The lowest BCUT2D eigenvalue weighted by molar-refractivity contribution is 0.101. The molecule has 3 aromatic rings. The Kier molecular flexibility index (Phi) is 4.80. The molecule has 0 atom stereocenters. The second-order valence-corrected chi connectivity index (χ2v) is 5.49. The normalized spacial score (nSPS) is 10.1. The summed E-state index contributed by atoms with van der Waals surface area (Å²) in [6.07, 6.45) is 2.84. The molecular formula is C19H16N4O2. The number of nitrogens with zero attached hydrogens (tertiary/aromatic N) is 2. The van der Waals surface area contributed by atoms with Gasteiger partial charge in [-0.3, -0.25) is 9.59 Å². The van der Waals surface area contributed by atoms with Crippen LogP contribution in [-0.2, 0) is 0 Å². The maximum Gasteiger partial charge on any atom is 0.257 e. The molecule has 0 aliphatic carbocycles. The molecule has 0 bridgehead atoms. The third kappa shape index (κ3) is 4.26. The van der Waals surface area contributed by atoms with Gasteiger partial charge in [0.1, 0.15) is 0 Å². The Balaban J connectivity index is 1.70. The number of rotatable bonds is 4. The second-order valence-electron chi connectivity index (χ2n) is 5.49. The summed E-state index contributed by atoms with van der Waals surface area (Å²) in [6, 6.07) is 15.8. The largest absolute Gasteiger partial charge is 0.322 e. The first-order valence-electron chi connectivity index (χ1n) is 7.68. The highest BCUT2D eigenvalue weighted by molar-refractivity contribution is 6.06. The van der Waals surface area contributed by atoms with E-state index in [0.29, 0.717) is 22.5 Å². The first-order valence-corrected chi connectivity index (χ1v) is 7.68. The summed E-state index contributed by atoms with van der Waals surface area (Å²) in [7, 11) is 0. The molecule has 0 radical (unpaired) electrons. The van der Waals surface area contributed by atoms with Crippen LogP contribution in [-0.4, -0.2) is 22.0 Å². The van der Waals surface area contributed by atoms with E-state index in [9.17, 15) is 9.59 Å². The Bertz CT molecular complexity index is 893. The number of aryl methyl sites for hydroxylation is 1. The average Bonchev–Trinajstić information content (AvgIpc) is 2.63. The summed E-state index contributed by atoms with van der Waals surface area (Å²) in [5.41, 5.74) is 3.23. The van der Waals surface area contributed by atoms with Crippen LogP contribution in [0.15, 0.2) is 67.0 Å². The quantitative estimate of drug-likeness (QED) is 0.768. The molecule has 6 heteroatoms. The van der Waals surface area contributed by atoms with Crippen LogP contribution >= 0.6 is 0 Å². The van der Waals surface area contributed by atoms with Gasteiger partial charge >= 0.3 is 0 Å². The number of anilines is 2. The van der Waals surface area contributed by atoms with Gasteiger partial charge in [0.15, 0.2) is 0 Å². The molecule has 6 nitrogen and oxygen atoms in total. The van der Waals surface area contributed by atoms with Crippen LogP contribution in [0.1, 0.15) is 26.3 Å². The highest BCUT2D eigenvalue weighted by Crippen LogP contribution is 2.17. The van der Waals surface area contributed by atoms with Crippen LogP contribution in [0.3, 0.4) is 0 Å². The van der Waals surface area contributed by atoms with Crippen molar-refractivity contribution in [3.63, 3.8) is 0 Å². The highest BCUT2D eigenvalue weighted by Gasteiger charge is 2.08. The van der Waals surface area contributed by atoms with Crippen molar-refractivity contribution in [1.82, 2.24) is 10.2 Å². The molecule has 2 amide bonds. The lowest BCUT2D eigenvalue weighted by atomic mass is 10.1. The third-order valence-electron chi connectivity index (χ3n) is 3.54. The molecule has 1 aromatic heterocycles. The zero-order chi connectivity index (χ0) is 17.6. The van der Waals surface area contributed by atoms with Crippen molar-refractivity contribution >= 4 is 23.2 Å². The van der Waals surface area contributed by atoms with Crippen molar-refractivity contribution in [3.8, 4) is 0 Å². The van der Waals surface area contributed by atoms with E-state index in [-0.39, 0.29) is 11.8 Å². The molecule has 0 aliphatic rings. The van der Waals surface area contributed by atoms with E-state index in [1.807, 2.05) is 19.1 Å². The monoisotopic (exact) mass is 332 g/mol. The van der Waals surface area contributed by atoms with Gasteiger partial charge in [0.05, 0.1) is 18.0 Å². The van der Waals surface area contributed by atoms with Gasteiger partial charge < -0.3 is 10.6 Å². The summed E-state index contributed by atoms with van der Waals surface area (Å²) in [4.78, 5) is 24.4. The van der Waals surface area contributed by atoms with Crippen LogP contribution in [0.25, 0.3) is 0 Å². The molecule has 2 aromatic carbocycles. The molecule has 124 valence electrons. The van der Waals surface area contributed by atoms with Gasteiger partial charge in [0.25, 0.3) is 11.8 Å². The molecule has 0 spiro atoms. The van der Waals surface area contributed by atoms with Crippen molar-refractivity contribution in [2.75, 3.05) is 10.6 Å². The number of aromatic nitrogens is 2. The zero-order valence-corrected chi connectivity index (χ0v) is 13.6. The van der Waals surface area contributed by atoms with Crippen molar-refractivity contribution in [2.45, 2.75) is 6.92 Å². The minimum Gasteiger partial charge on any atom is -0.322 e. The fourth-order valence-corrected chi connectivity index (χ4v) is 2.21. The van der Waals surface area contributed by atoms with E-state index in [1.54, 1.807) is 42.5 Å². The summed E-state index contributed by atoms with van der Waals surface area (Å²) >= 11 is 0. The van der Waals surface area contributed by atoms with E-state index >= 15 is 0 Å². The minimum atomic E-state index is -0.295. The Morgan fingerprint density at radius 1 is 0.800 bits per heavy atom. The first-order chi connectivity index (χ1) is 12.1. The van der Waals surface area contributed by atoms with Gasteiger partial charge in [-0.25, -0.2) is 0 Å². The summed E-state index contributed by atoms with van der Waals surface area (Å²) < 4.78 is 0. The van der Waals surface area contributed by atoms with Gasteiger partial charge in [-0.05, 0) is 43.3 Å². The Hall–Kier alpha value is -3.54. The molecule has 0 fully saturated rings. The number of amides is 2. The van der Waals surface area contributed by atoms with Crippen LogP contribution in [0, 0.1) is 6.92 Å². The molecule has 25 heavy (non-hydrogen) atoms. The summed E-state index contributed by atoms with van der Waals surface area (Å²) in [5, 5.41) is 12.9. The van der Waals surface area contributed by atoms with E-state index in [4.69, 9.17) is 0 Å². The standard InChI is InChI=1S/C19H16N4O2/c1-13-5-7-14(8-6-13)18(24)22-16-3-2-4-17(11-16)23-19(25)15-9-10-20-21-12-15/h2-12H,1H3,(H,22,24)(H,23,25). The van der Waals surface area contributed by atoms with Gasteiger partial charge in [-0.15, -0.1) is 0 Å². The topological polar surface area (TPSA) is 84.0 Å². The lowest BCUT2D eigenvalue weighted by Gasteiger charge is -2.09. The van der Waals surface area contributed by atoms with Crippen molar-refractivity contribution in [3.05, 3.63) is 83.7 Å². The van der Waals surface area contributed by atoms with Gasteiger partial charge in [-0.1, -0.05) is 23.8 Å². The average molecular weight is 332 g/mol. The third-order valence-corrected chi connectivity index (χ3v) is 3.54. The molecule has 0 saturated carbocycles. The maximum absolute atomic E-state index is 12.3. The molecule has 0 saturated heterocycles. The number of hydrogen-bond donors (Lipinski definition) is 2. The number of carbonyl (C=O) groups excluding carboxylic acids is 2. The minimum absolute atomic E-state index is 0.207. The van der Waals surface area contributed by atoms with Crippen LogP contribution in [0.4, 0.5) is 11.4 Å². The summed E-state index contributed by atoms with van der Waals surface area (Å²) in [6.45, 7) is 1.96. The Morgan fingerprint density at radius 3 is 2.04 bits per heavy atom. The predicted molar refractivity (Wildman–Crippen MR) is 95.6 cm³/mol. The number of nitrogens with one attached hydrogen (secondary N) is 2. The van der Waals surface area contributed by atoms with Crippen molar-refractivity contribution < 1.29 is 9.59 Å². The second kappa shape index (κ2) is 7.35. The van der Waals surface area contributed by atoms with Gasteiger partial charge in [-0.2, -0.15) is 10.2 Å². The molecule has 2 N–H and O–H groups in total. The SMILES string of the molecule is Cc1ccc(C(=O)Nc2cccc(NC(=O)c3ccnnc3)c2)cc1. The molecule has 0 aliphatic heterocycles. The zero-order valence-electron chi connectivity index (χ0n) is 13.6. The van der Waals surface area contributed by atoms with Crippen molar-refractivity contribution in [1.29, 1.82) is 0 Å². The maximum atomic E-state index is 12.3. The van der Waals surface area contributed by atoms with E-state index < -0.39 is 0 Å². The fraction of sp³-hybridized carbons (Fsp3) is 0.0526. The number of carbonyl (C=O) groups is 2. The van der Waals surface area contributed by atoms with Crippen LogP contribution < -0.4 is 10.6 Å². The molecule has 0 unspecified atom stereocenters. The number of hydrogen-bond acceptors (Lipinski definition) is 4. The van der Waals surface area contributed by atoms with Gasteiger partial charge in [0, 0.05) is 16.9 Å². The smallest absolute Gasteiger partial charge is 0.257 e. The highest BCUT2D eigenvalue weighted by atomic mass is 16.2. The van der Waals surface area contributed by atoms with E-state index in [1.165, 1.54) is 12.4 Å². The molecular weight excluding hydrogens is 316 g/mol. The molecule has 1 heterocycles. The van der Waals surface area contributed by atoms with Crippen molar-refractivity contribution in [2.24, 2.45) is 0 Å². The van der Waals surface area contributed by atoms with E-state index in [2.05, 4.69) is 20.8 Å². The first kappa shape index (κ1) is 16.3. The predicted octanol–water partition coefficient (Wildman–Crippen LogP) is 3.29. The number of benzene rings is 2. The Morgan fingerprint density at radius 2 is 1.44 bits per heavy atom. The fourth-order valence-electron chi connectivity index (χ4n) is 2.21. The van der Waals surface area contributed by atoms with Gasteiger partial charge in [0.2, 0.25) is 0 Å². The Labute approximate surface area is 144 Å².